The van der Waals surface area contributed by atoms with Crippen molar-refractivity contribution < 1.29 is 4.74 Å². The van der Waals surface area contributed by atoms with Crippen molar-refractivity contribution in [3.63, 3.8) is 0 Å². The first-order chi connectivity index (χ1) is 9.55. The topological polar surface area (TPSA) is 64.9 Å². The van der Waals surface area contributed by atoms with E-state index in [1.54, 1.807) is 6.20 Å². The van der Waals surface area contributed by atoms with Gasteiger partial charge in [0, 0.05) is 19.5 Å². The summed E-state index contributed by atoms with van der Waals surface area (Å²) in [7, 11) is 1.85. The molecule has 108 valence electrons. The second kappa shape index (κ2) is 5.90. The fraction of sp³-hybridized carbons (Fsp3) is 0.500. The summed E-state index contributed by atoms with van der Waals surface area (Å²) >= 11 is 0. The Hall–Kier alpha value is -2.11. The van der Waals surface area contributed by atoms with Crippen LogP contribution in [0.2, 0.25) is 0 Å². The summed E-state index contributed by atoms with van der Waals surface area (Å²) in [6, 6.07) is 0. The van der Waals surface area contributed by atoms with Crippen LogP contribution in [0.25, 0.3) is 0 Å². The van der Waals surface area contributed by atoms with Crippen LogP contribution in [0, 0.1) is 6.92 Å². The van der Waals surface area contributed by atoms with Crippen molar-refractivity contribution in [3.05, 3.63) is 23.8 Å². The lowest BCUT2D eigenvalue weighted by Crippen LogP contribution is -2.06. The Morgan fingerprint density at radius 3 is 2.65 bits per heavy atom. The summed E-state index contributed by atoms with van der Waals surface area (Å²) in [4.78, 5) is 8.99. The quantitative estimate of drug-likeness (QED) is 0.908. The molecule has 0 fully saturated rings. The zero-order valence-electron chi connectivity index (χ0n) is 12.6. The number of nitrogens with one attached hydrogen (secondary N) is 1. The number of nitrogens with zero attached hydrogens (tertiary/aromatic N) is 4. The molecule has 0 amide bonds. The van der Waals surface area contributed by atoms with Gasteiger partial charge in [-0.15, -0.1) is 0 Å². The van der Waals surface area contributed by atoms with Crippen molar-refractivity contribution in [1.29, 1.82) is 0 Å². The molecule has 0 radical (unpaired) electrons. The summed E-state index contributed by atoms with van der Waals surface area (Å²) in [5, 5.41) is 7.27. The number of aromatic nitrogens is 4. The predicted octanol–water partition coefficient (Wildman–Crippen LogP) is 2.96. The molecule has 1 N–H and O–H groups in total. The molecule has 0 aliphatic rings. The van der Waals surface area contributed by atoms with E-state index < -0.39 is 0 Å². The molecule has 0 bridgehead atoms. The molecule has 6 nitrogen and oxygen atoms in total. The van der Waals surface area contributed by atoms with Crippen LogP contribution < -0.4 is 10.1 Å². The molecular weight excluding hydrogens is 254 g/mol. The second-order valence-electron chi connectivity index (χ2n) is 4.90. The van der Waals surface area contributed by atoms with E-state index in [-0.39, 0.29) is 5.92 Å². The van der Waals surface area contributed by atoms with E-state index in [1.165, 1.54) is 0 Å². The molecule has 0 aliphatic heterocycles. The van der Waals surface area contributed by atoms with Crippen LogP contribution in [0.1, 0.15) is 38.1 Å². The van der Waals surface area contributed by atoms with Crippen LogP contribution in [0.3, 0.4) is 0 Å². The van der Waals surface area contributed by atoms with E-state index in [4.69, 9.17) is 4.74 Å². The van der Waals surface area contributed by atoms with Gasteiger partial charge in [0.1, 0.15) is 11.6 Å². The van der Waals surface area contributed by atoms with Gasteiger partial charge in [-0.3, -0.25) is 4.68 Å². The third-order valence-corrected chi connectivity index (χ3v) is 3.02. The monoisotopic (exact) mass is 275 g/mol. The first-order valence-electron chi connectivity index (χ1n) is 6.81. The van der Waals surface area contributed by atoms with Gasteiger partial charge in [0.15, 0.2) is 5.75 Å². The molecule has 0 unspecified atom stereocenters. The lowest BCUT2D eigenvalue weighted by molar-refractivity contribution is 0.452. The van der Waals surface area contributed by atoms with Gasteiger partial charge in [-0.05, 0) is 13.8 Å². The van der Waals surface area contributed by atoms with Crippen LogP contribution in [-0.4, -0.2) is 26.8 Å². The van der Waals surface area contributed by atoms with Gasteiger partial charge in [-0.25, -0.2) is 4.98 Å². The van der Waals surface area contributed by atoms with E-state index in [2.05, 4.69) is 34.2 Å². The van der Waals surface area contributed by atoms with Crippen molar-refractivity contribution in [1.82, 2.24) is 19.7 Å². The van der Waals surface area contributed by atoms with Crippen LogP contribution in [0.4, 0.5) is 5.82 Å². The van der Waals surface area contributed by atoms with Gasteiger partial charge in [0.2, 0.25) is 5.88 Å². The highest BCUT2D eigenvalue weighted by Gasteiger charge is 2.14. The lowest BCUT2D eigenvalue weighted by atomic mass is 10.2. The van der Waals surface area contributed by atoms with E-state index in [0.29, 0.717) is 11.6 Å². The maximum absolute atomic E-state index is 5.85. The van der Waals surface area contributed by atoms with Crippen LogP contribution in [0.5, 0.6) is 11.6 Å². The number of ether oxygens (including phenoxy) is 1. The third kappa shape index (κ3) is 2.89. The molecule has 0 spiro atoms. The summed E-state index contributed by atoms with van der Waals surface area (Å²) < 4.78 is 7.66. The molecule has 20 heavy (non-hydrogen) atoms. The Labute approximate surface area is 119 Å². The second-order valence-corrected chi connectivity index (χ2v) is 4.90. The minimum absolute atomic E-state index is 0.239. The van der Waals surface area contributed by atoms with Gasteiger partial charge in [-0.2, -0.15) is 10.1 Å². The van der Waals surface area contributed by atoms with Gasteiger partial charge >= 0.3 is 0 Å². The van der Waals surface area contributed by atoms with Crippen molar-refractivity contribution in [3.8, 4) is 11.6 Å². The molecule has 0 atom stereocenters. The highest BCUT2D eigenvalue weighted by molar-refractivity contribution is 5.49. The molecule has 0 saturated carbocycles. The summed E-state index contributed by atoms with van der Waals surface area (Å²) in [5.41, 5.74) is 0.890. The van der Waals surface area contributed by atoms with Crippen molar-refractivity contribution >= 4 is 5.82 Å². The SMILES string of the molecule is CCn1cc(Oc2nc(C(C)C)nc(NC)c2C)cn1. The average molecular weight is 275 g/mol. The van der Waals surface area contributed by atoms with Crippen LogP contribution in [-0.2, 0) is 6.54 Å². The first kappa shape index (κ1) is 14.3. The maximum Gasteiger partial charge on any atom is 0.227 e. The Kier molecular flexibility index (Phi) is 4.22. The van der Waals surface area contributed by atoms with E-state index in [0.717, 1.165) is 23.8 Å². The minimum atomic E-state index is 0.239. The molecule has 2 aromatic rings. The molecule has 0 aromatic carbocycles. The van der Waals surface area contributed by atoms with Crippen molar-refractivity contribution in [2.75, 3.05) is 12.4 Å². The van der Waals surface area contributed by atoms with Crippen molar-refractivity contribution in [2.24, 2.45) is 0 Å². The predicted molar refractivity (Wildman–Crippen MR) is 78.4 cm³/mol. The normalized spacial score (nSPS) is 10.9. The molecular formula is C14H21N5O. The van der Waals surface area contributed by atoms with Crippen molar-refractivity contribution in [2.45, 2.75) is 40.2 Å². The Balaban J connectivity index is 2.36. The largest absolute Gasteiger partial charge is 0.435 e. The molecule has 0 saturated heterocycles. The zero-order chi connectivity index (χ0) is 14.7. The van der Waals surface area contributed by atoms with Gasteiger partial charge in [-0.1, -0.05) is 13.8 Å². The van der Waals surface area contributed by atoms with Gasteiger partial charge in [0.25, 0.3) is 0 Å². The Morgan fingerprint density at radius 2 is 2.10 bits per heavy atom. The third-order valence-electron chi connectivity index (χ3n) is 3.02. The van der Waals surface area contributed by atoms with E-state index >= 15 is 0 Å². The van der Waals surface area contributed by atoms with E-state index in [9.17, 15) is 0 Å². The fourth-order valence-corrected chi connectivity index (χ4v) is 1.80. The Morgan fingerprint density at radius 1 is 1.35 bits per heavy atom. The lowest BCUT2D eigenvalue weighted by Gasteiger charge is -2.13. The highest BCUT2D eigenvalue weighted by atomic mass is 16.5. The summed E-state index contributed by atoms with van der Waals surface area (Å²) in [5.74, 6) is 3.05. The standard InChI is InChI=1S/C14H21N5O/c1-6-19-8-11(7-16-19)20-14-10(4)13(15-5)17-12(18-14)9(2)3/h7-9H,6H2,1-5H3,(H,15,17,18). The minimum Gasteiger partial charge on any atom is -0.435 e. The molecule has 2 heterocycles. The number of anilines is 1. The highest BCUT2D eigenvalue weighted by Crippen LogP contribution is 2.28. The fourth-order valence-electron chi connectivity index (χ4n) is 1.80. The Bertz CT molecular complexity index is 591. The van der Waals surface area contributed by atoms with Gasteiger partial charge in [0.05, 0.1) is 18.0 Å². The summed E-state index contributed by atoms with van der Waals surface area (Å²) in [6.07, 6.45) is 3.55. The zero-order valence-corrected chi connectivity index (χ0v) is 12.6. The molecule has 6 heteroatoms. The first-order valence-corrected chi connectivity index (χ1v) is 6.81. The number of rotatable bonds is 5. The smallest absolute Gasteiger partial charge is 0.227 e. The van der Waals surface area contributed by atoms with Crippen LogP contribution >= 0.6 is 0 Å². The summed E-state index contributed by atoms with van der Waals surface area (Å²) in [6.45, 7) is 8.90. The number of aryl methyl sites for hydroxylation is 1. The molecule has 0 aliphatic carbocycles. The molecule has 2 rings (SSSR count). The molecule has 2 aromatic heterocycles. The number of hydrogen-bond donors (Lipinski definition) is 1. The maximum atomic E-state index is 5.85. The average Bonchev–Trinajstić information content (AvgIpc) is 2.88. The number of hydrogen-bond acceptors (Lipinski definition) is 5. The van der Waals surface area contributed by atoms with Gasteiger partial charge < -0.3 is 10.1 Å². The van der Waals surface area contributed by atoms with Crippen LogP contribution in [0.15, 0.2) is 12.4 Å². The van der Waals surface area contributed by atoms with E-state index in [1.807, 2.05) is 31.8 Å².